The van der Waals surface area contributed by atoms with Crippen LogP contribution in [-0.2, 0) is 16.1 Å². The summed E-state index contributed by atoms with van der Waals surface area (Å²) >= 11 is 1.29. The van der Waals surface area contributed by atoms with Crippen LogP contribution in [0.3, 0.4) is 0 Å². The molecular formula is C18H18N4O3S. The standard InChI is InChI=1S/C18H18N4O3S/c1-25-16(23)8-10-22-17(24)14-6-2-3-7-15(14)21-18(22)26-12-13(11-20)5-4-9-19/h2-3,6-7,13H,4-5,8,10,12H2,1H3/t13-/m0/s1. The molecule has 0 unspecified atom stereocenters. The van der Waals surface area contributed by atoms with Crippen LogP contribution in [0.4, 0.5) is 0 Å². The fraction of sp³-hybridized carbons (Fsp3) is 0.389. The second kappa shape index (κ2) is 9.59. The van der Waals surface area contributed by atoms with E-state index in [-0.39, 0.29) is 24.4 Å². The van der Waals surface area contributed by atoms with E-state index in [9.17, 15) is 14.9 Å². The van der Waals surface area contributed by atoms with Crippen molar-refractivity contribution in [1.82, 2.24) is 9.55 Å². The molecule has 0 aliphatic carbocycles. The molecule has 26 heavy (non-hydrogen) atoms. The first-order valence-electron chi connectivity index (χ1n) is 8.06. The average molecular weight is 370 g/mol. The minimum atomic E-state index is -0.412. The van der Waals surface area contributed by atoms with Gasteiger partial charge < -0.3 is 4.74 Å². The van der Waals surface area contributed by atoms with Gasteiger partial charge in [-0.1, -0.05) is 23.9 Å². The first-order valence-corrected chi connectivity index (χ1v) is 9.05. The summed E-state index contributed by atoms with van der Waals surface area (Å²) in [6, 6.07) is 11.2. The van der Waals surface area contributed by atoms with Crippen LogP contribution in [0.25, 0.3) is 10.9 Å². The van der Waals surface area contributed by atoms with Crippen molar-refractivity contribution < 1.29 is 9.53 Å². The maximum atomic E-state index is 12.8. The quantitative estimate of drug-likeness (QED) is 0.399. The van der Waals surface area contributed by atoms with Crippen LogP contribution >= 0.6 is 11.8 Å². The van der Waals surface area contributed by atoms with Gasteiger partial charge in [0.15, 0.2) is 5.16 Å². The zero-order valence-corrected chi connectivity index (χ0v) is 15.2. The number of hydrogen-bond donors (Lipinski definition) is 0. The third kappa shape index (κ3) is 4.84. The lowest BCUT2D eigenvalue weighted by molar-refractivity contribution is -0.140. The van der Waals surface area contributed by atoms with Gasteiger partial charge in [0.1, 0.15) is 0 Å². The van der Waals surface area contributed by atoms with E-state index in [1.165, 1.54) is 23.4 Å². The Bertz CT molecular complexity index is 927. The summed E-state index contributed by atoms with van der Waals surface area (Å²) in [4.78, 5) is 28.8. The van der Waals surface area contributed by atoms with E-state index in [0.717, 1.165) is 0 Å². The first-order chi connectivity index (χ1) is 12.6. The largest absolute Gasteiger partial charge is 0.469 e. The number of carbonyl (C=O) groups excluding carboxylic acids is 1. The fourth-order valence-electron chi connectivity index (χ4n) is 2.36. The topological polar surface area (TPSA) is 109 Å². The van der Waals surface area contributed by atoms with Crippen molar-refractivity contribution in [3.63, 3.8) is 0 Å². The predicted molar refractivity (Wildman–Crippen MR) is 97.3 cm³/mol. The number of hydrogen-bond acceptors (Lipinski definition) is 7. The molecule has 0 spiro atoms. The van der Waals surface area contributed by atoms with Crippen molar-refractivity contribution in [1.29, 1.82) is 10.5 Å². The van der Waals surface area contributed by atoms with Gasteiger partial charge in [-0.05, 0) is 18.6 Å². The molecule has 1 aromatic carbocycles. The number of nitrogens with zero attached hydrogens (tertiary/aromatic N) is 4. The summed E-state index contributed by atoms with van der Waals surface area (Å²) < 4.78 is 6.09. The Balaban J connectivity index is 2.33. The summed E-state index contributed by atoms with van der Waals surface area (Å²) in [5.74, 6) is -0.303. The van der Waals surface area contributed by atoms with Gasteiger partial charge in [-0.25, -0.2) is 4.98 Å². The molecule has 1 atom stereocenters. The van der Waals surface area contributed by atoms with Crippen molar-refractivity contribution in [3.8, 4) is 12.1 Å². The van der Waals surface area contributed by atoms with Crippen LogP contribution < -0.4 is 5.56 Å². The smallest absolute Gasteiger partial charge is 0.307 e. The van der Waals surface area contributed by atoms with Crippen LogP contribution in [0.1, 0.15) is 19.3 Å². The maximum Gasteiger partial charge on any atom is 0.307 e. The van der Waals surface area contributed by atoms with E-state index >= 15 is 0 Å². The molecule has 2 aromatic rings. The monoisotopic (exact) mass is 370 g/mol. The minimum absolute atomic E-state index is 0.0557. The van der Waals surface area contributed by atoms with E-state index < -0.39 is 5.97 Å². The normalized spacial score (nSPS) is 11.5. The number of aromatic nitrogens is 2. The number of rotatable bonds is 8. The predicted octanol–water partition coefficient (Wildman–Crippen LogP) is 2.50. The van der Waals surface area contributed by atoms with E-state index in [0.29, 0.717) is 34.7 Å². The lowest BCUT2D eigenvalue weighted by atomic mass is 10.1. The molecule has 1 heterocycles. The molecule has 0 radical (unpaired) electrons. The molecule has 0 saturated heterocycles. The summed E-state index contributed by atoms with van der Waals surface area (Å²) in [6.45, 7) is 0.154. The van der Waals surface area contributed by atoms with E-state index in [4.69, 9.17) is 5.26 Å². The number of para-hydroxylation sites is 1. The molecule has 134 valence electrons. The van der Waals surface area contributed by atoms with Gasteiger partial charge in [-0.3, -0.25) is 14.2 Å². The highest BCUT2D eigenvalue weighted by atomic mass is 32.2. The van der Waals surface area contributed by atoms with Gasteiger partial charge in [0.25, 0.3) is 5.56 Å². The van der Waals surface area contributed by atoms with Crippen molar-refractivity contribution in [2.75, 3.05) is 12.9 Å². The molecule has 0 N–H and O–H groups in total. The van der Waals surface area contributed by atoms with Crippen molar-refractivity contribution >= 4 is 28.6 Å². The second-order valence-electron chi connectivity index (χ2n) is 5.53. The number of thioether (sulfide) groups is 1. The number of nitriles is 2. The van der Waals surface area contributed by atoms with Gasteiger partial charge in [-0.2, -0.15) is 10.5 Å². The van der Waals surface area contributed by atoms with Gasteiger partial charge >= 0.3 is 5.97 Å². The Labute approximate surface area is 155 Å². The molecule has 0 bridgehead atoms. The Kier molecular flexibility index (Phi) is 7.19. The Hall–Kier alpha value is -2.84. The zero-order chi connectivity index (χ0) is 18.9. The number of methoxy groups -OCH3 is 1. The highest BCUT2D eigenvalue weighted by Crippen LogP contribution is 2.22. The van der Waals surface area contributed by atoms with Gasteiger partial charge in [-0.15, -0.1) is 0 Å². The highest BCUT2D eigenvalue weighted by Gasteiger charge is 2.15. The molecular weight excluding hydrogens is 352 g/mol. The summed E-state index contributed by atoms with van der Waals surface area (Å²) in [5, 5.41) is 18.8. The second-order valence-corrected chi connectivity index (χ2v) is 6.52. The van der Waals surface area contributed by atoms with Crippen molar-refractivity contribution in [3.05, 3.63) is 34.6 Å². The lowest BCUT2D eigenvalue weighted by Crippen LogP contribution is -2.25. The highest BCUT2D eigenvalue weighted by molar-refractivity contribution is 7.99. The van der Waals surface area contributed by atoms with Crippen LogP contribution in [-0.4, -0.2) is 28.4 Å². The first kappa shape index (κ1) is 19.5. The minimum Gasteiger partial charge on any atom is -0.469 e. The van der Waals surface area contributed by atoms with Crippen molar-refractivity contribution in [2.24, 2.45) is 5.92 Å². The third-order valence-electron chi connectivity index (χ3n) is 3.79. The maximum absolute atomic E-state index is 12.8. The summed E-state index contributed by atoms with van der Waals surface area (Å²) in [6.07, 6.45) is 0.832. The molecule has 8 heteroatoms. The van der Waals surface area contributed by atoms with Gasteiger partial charge in [0, 0.05) is 18.7 Å². The molecule has 1 aromatic heterocycles. The fourth-order valence-corrected chi connectivity index (χ4v) is 3.44. The lowest BCUT2D eigenvalue weighted by Gasteiger charge is -2.13. The summed E-state index contributed by atoms with van der Waals surface area (Å²) in [5.41, 5.74) is 0.340. The Morgan fingerprint density at radius 2 is 2.15 bits per heavy atom. The van der Waals surface area contributed by atoms with Crippen LogP contribution in [0.2, 0.25) is 0 Å². The molecule has 0 aliphatic heterocycles. The van der Waals surface area contributed by atoms with E-state index in [1.54, 1.807) is 24.3 Å². The number of ether oxygens (including phenoxy) is 1. The number of carbonyl (C=O) groups is 1. The van der Waals surface area contributed by atoms with Crippen LogP contribution in [0, 0.1) is 28.6 Å². The number of fused-ring (bicyclic) bond motifs is 1. The zero-order valence-electron chi connectivity index (χ0n) is 14.3. The molecule has 0 saturated carbocycles. The van der Waals surface area contributed by atoms with E-state index in [2.05, 4.69) is 15.8 Å². The van der Waals surface area contributed by atoms with Crippen molar-refractivity contribution in [2.45, 2.75) is 31.0 Å². The Morgan fingerprint density at radius 1 is 1.38 bits per heavy atom. The molecule has 0 amide bonds. The Morgan fingerprint density at radius 3 is 2.85 bits per heavy atom. The molecule has 0 aliphatic rings. The average Bonchev–Trinajstić information content (AvgIpc) is 2.67. The number of esters is 1. The van der Waals surface area contributed by atoms with Crippen LogP contribution in [0.15, 0.2) is 34.2 Å². The molecule has 0 fully saturated rings. The number of benzene rings is 1. The molecule has 7 nitrogen and oxygen atoms in total. The van der Waals surface area contributed by atoms with E-state index in [1.807, 2.05) is 6.07 Å². The van der Waals surface area contributed by atoms with Gasteiger partial charge in [0.05, 0.1) is 42.5 Å². The summed E-state index contributed by atoms with van der Waals surface area (Å²) in [7, 11) is 1.30. The third-order valence-corrected chi connectivity index (χ3v) is 4.93. The van der Waals surface area contributed by atoms with Crippen LogP contribution in [0.5, 0.6) is 0 Å². The van der Waals surface area contributed by atoms with Gasteiger partial charge in [0.2, 0.25) is 0 Å². The SMILES string of the molecule is COC(=O)CCn1c(SC[C@H](C#N)CCC#N)nc2ccccc2c1=O. The molecule has 2 rings (SSSR count).